The van der Waals surface area contributed by atoms with E-state index in [1.165, 1.54) is 17.8 Å². The molecule has 3 rings (SSSR count). The fourth-order valence-electron chi connectivity index (χ4n) is 3.60. The number of anilines is 1. The molecule has 0 saturated carbocycles. The Balaban J connectivity index is 1.98. The molecule has 0 bridgehead atoms. The number of esters is 1. The van der Waals surface area contributed by atoms with Gasteiger partial charge in [0.15, 0.2) is 0 Å². The predicted octanol–water partition coefficient (Wildman–Crippen LogP) is 4.79. The summed E-state index contributed by atoms with van der Waals surface area (Å²) in [6, 6.07) is 4.60. The summed E-state index contributed by atoms with van der Waals surface area (Å²) in [6.07, 6.45) is 4.10. The molecule has 0 aromatic heterocycles. The summed E-state index contributed by atoms with van der Waals surface area (Å²) in [7, 11) is 0. The molecule has 26 heavy (non-hydrogen) atoms. The number of hydrogen-bond donors (Lipinski definition) is 1. The zero-order chi connectivity index (χ0) is 19.1. The maximum absolute atomic E-state index is 14.6. The van der Waals surface area contributed by atoms with Crippen LogP contribution in [0.1, 0.15) is 52.5 Å². The van der Waals surface area contributed by atoms with Crippen molar-refractivity contribution in [3.8, 4) is 0 Å². The SMILES string of the molecule is CC(C)(C)OC(=O)CC1=NC(C)(c2cc(N)ccc2F)C2CCC=C2S1. The molecule has 0 saturated heterocycles. The van der Waals surface area contributed by atoms with Gasteiger partial charge in [0.25, 0.3) is 0 Å². The number of aliphatic imine (C=N–C) groups is 1. The number of rotatable bonds is 3. The number of nitrogens with zero attached hydrogens (tertiary/aromatic N) is 1. The standard InChI is InChI=1S/C20H25FN2O2S/c1-19(2,3)25-18(24)11-17-23-20(4,13-6-5-7-16(13)26-17)14-10-12(22)8-9-15(14)21/h7-10,13H,5-6,11,22H2,1-4H3. The Morgan fingerprint density at radius 2 is 2.19 bits per heavy atom. The molecule has 1 heterocycles. The summed E-state index contributed by atoms with van der Waals surface area (Å²) in [5.41, 5.74) is 5.58. The number of hydrogen-bond acceptors (Lipinski definition) is 5. The van der Waals surface area contributed by atoms with Gasteiger partial charge in [-0.3, -0.25) is 9.79 Å². The average Bonchev–Trinajstić information content (AvgIpc) is 2.97. The fraction of sp³-hybridized carbons (Fsp3) is 0.500. The predicted molar refractivity (Wildman–Crippen MR) is 104 cm³/mol. The number of ether oxygens (including phenoxy) is 1. The minimum atomic E-state index is -0.773. The molecule has 4 nitrogen and oxygen atoms in total. The molecule has 1 aliphatic carbocycles. The summed E-state index contributed by atoms with van der Waals surface area (Å²) in [6.45, 7) is 7.44. The summed E-state index contributed by atoms with van der Waals surface area (Å²) >= 11 is 1.52. The molecule has 2 aliphatic rings. The van der Waals surface area contributed by atoms with E-state index < -0.39 is 11.1 Å². The third kappa shape index (κ3) is 3.80. The molecule has 2 unspecified atom stereocenters. The number of thioether (sulfide) groups is 1. The molecule has 0 amide bonds. The number of carbonyl (C=O) groups excluding carboxylic acids is 1. The van der Waals surface area contributed by atoms with Crippen molar-refractivity contribution in [3.63, 3.8) is 0 Å². The molecule has 2 N–H and O–H groups in total. The molecule has 140 valence electrons. The molecule has 0 radical (unpaired) electrons. The van der Waals surface area contributed by atoms with Gasteiger partial charge in [-0.05, 0) is 63.6 Å². The lowest BCUT2D eigenvalue weighted by Gasteiger charge is -2.38. The van der Waals surface area contributed by atoms with Crippen LogP contribution in [0.2, 0.25) is 0 Å². The number of nitrogen functional groups attached to an aromatic ring is 1. The van der Waals surface area contributed by atoms with Gasteiger partial charge in [0.05, 0.1) is 17.0 Å². The first-order valence-corrected chi connectivity index (χ1v) is 9.64. The van der Waals surface area contributed by atoms with E-state index in [0.717, 1.165) is 17.7 Å². The Kier molecular flexibility index (Phi) is 4.90. The number of allylic oxidation sites excluding steroid dienone is 1. The Hall–Kier alpha value is -1.82. The monoisotopic (exact) mass is 376 g/mol. The molecule has 1 aromatic carbocycles. The highest BCUT2D eigenvalue weighted by Crippen LogP contribution is 2.52. The first-order valence-electron chi connectivity index (χ1n) is 8.82. The normalized spacial score (nSPS) is 25.3. The second-order valence-corrected chi connectivity index (χ2v) is 9.14. The van der Waals surface area contributed by atoms with Crippen LogP contribution in [-0.4, -0.2) is 16.6 Å². The van der Waals surface area contributed by atoms with E-state index in [1.54, 1.807) is 12.1 Å². The van der Waals surface area contributed by atoms with Crippen molar-refractivity contribution in [2.75, 3.05) is 5.73 Å². The molecule has 0 fully saturated rings. The first-order chi connectivity index (χ1) is 12.1. The maximum Gasteiger partial charge on any atom is 0.312 e. The van der Waals surface area contributed by atoms with Gasteiger partial charge in [0, 0.05) is 17.2 Å². The van der Waals surface area contributed by atoms with E-state index >= 15 is 0 Å². The maximum atomic E-state index is 14.6. The van der Waals surface area contributed by atoms with Crippen molar-refractivity contribution in [1.29, 1.82) is 0 Å². The van der Waals surface area contributed by atoms with Crippen LogP contribution in [0.4, 0.5) is 10.1 Å². The molecular formula is C20H25FN2O2S. The number of carbonyl (C=O) groups is 1. The zero-order valence-corrected chi connectivity index (χ0v) is 16.5. The fourth-order valence-corrected chi connectivity index (χ4v) is 4.99. The highest BCUT2D eigenvalue weighted by molar-refractivity contribution is 8.17. The smallest absolute Gasteiger partial charge is 0.312 e. The minimum Gasteiger partial charge on any atom is -0.460 e. The summed E-state index contributed by atoms with van der Waals surface area (Å²) in [5, 5.41) is 0.660. The minimum absolute atomic E-state index is 0.0888. The number of fused-ring (bicyclic) bond motifs is 1. The van der Waals surface area contributed by atoms with Gasteiger partial charge in [0.2, 0.25) is 0 Å². The van der Waals surface area contributed by atoms with Gasteiger partial charge < -0.3 is 10.5 Å². The van der Waals surface area contributed by atoms with E-state index in [0.29, 0.717) is 16.3 Å². The quantitative estimate of drug-likeness (QED) is 0.608. The van der Waals surface area contributed by atoms with Crippen LogP contribution in [0.15, 0.2) is 34.2 Å². The van der Waals surface area contributed by atoms with E-state index in [1.807, 2.05) is 27.7 Å². The Morgan fingerprint density at radius 1 is 1.46 bits per heavy atom. The van der Waals surface area contributed by atoms with Gasteiger partial charge in [-0.1, -0.05) is 17.8 Å². The number of halogens is 1. The third-order valence-electron chi connectivity index (χ3n) is 4.67. The number of benzene rings is 1. The third-order valence-corrected chi connectivity index (χ3v) is 5.82. The van der Waals surface area contributed by atoms with Crippen LogP contribution >= 0.6 is 11.8 Å². The van der Waals surface area contributed by atoms with Crippen LogP contribution in [0.25, 0.3) is 0 Å². The lowest BCUT2D eigenvalue weighted by Crippen LogP contribution is -2.35. The van der Waals surface area contributed by atoms with Gasteiger partial charge in [0.1, 0.15) is 11.4 Å². The Bertz CT molecular complexity index is 797. The second kappa shape index (κ2) is 6.72. The highest BCUT2D eigenvalue weighted by atomic mass is 32.2. The van der Waals surface area contributed by atoms with E-state index in [4.69, 9.17) is 15.5 Å². The van der Waals surface area contributed by atoms with Gasteiger partial charge in [-0.25, -0.2) is 4.39 Å². The Labute approximate surface area is 158 Å². The lowest BCUT2D eigenvalue weighted by atomic mass is 9.79. The Morgan fingerprint density at radius 3 is 2.88 bits per heavy atom. The van der Waals surface area contributed by atoms with E-state index in [2.05, 4.69) is 6.08 Å². The molecule has 6 heteroatoms. The lowest BCUT2D eigenvalue weighted by molar-refractivity contribution is -0.153. The van der Waals surface area contributed by atoms with Gasteiger partial charge in [-0.2, -0.15) is 0 Å². The summed E-state index contributed by atoms with van der Waals surface area (Å²) < 4.78 is 20.0. The molecule has 1 aliphatic heterocycles. The average molecular weight is 376 g/mol. The largest absolute Gasteiger partial charge is 0.460 e. The highest BCUT2D eigenvalue weighted by Gasteiger charge is 2.45. The van der Waals surface area contributed by atoms with E-state index in [-0.39, 0.29) is 24.1 Å². The van der Waals surface area contributed by atoms with Crippen molar-refractivity contribution < 1.29 is 13.9 Å². The van der Waals surface area contributed by atoms with E-state index in [9.17, 15) is 9.18 Å². The molecular weight excluding hydrogens is 351 g/mol. The number of nitrogens with two attached hydrogens (primary N) is 1. The van der Waals surface area contributed by atoms with Crippen molar-refractivity contribution >= 4 is 28.5 Å². The zero-order valence-electron chi connectivity index (χ0n) is 15.6. The van der Waals surface area contributed by atoms with Crippen molar-refractivity contribution in [1.82, 2.24) is 0 Å². The second-order valence-electron chi connectivity index (χ2n) is 7.99. The molecule has 1 aromatic rings. The molecule has 2 atom stereocenters. The summed E-state index contributed by atoms with van der Waals surface area (Å²) in [5.74, 6) is -0.539. The van der Waals surface area contributed by atoms with Crippen molar-refractivity contribution in [2.45, 2.75) is 58.1 Å². The van der Waals surface area contributed by atoms with Crippen LogP contribution in [0.3, 0.4) is 0 Å². The van der Waals surface area contributed by atoms with Crippen molar-refractivity contribution in [2.24, 2.45) is 10.9 Å². The van der Waals surface area contributed by atoms with Crippen LogP contribution in [0.5, 0.6) is 0 Å². The topological polar surface area (TPSA) is 64.7 Å². The van der Waals surface area contributed by atoms with Crippen LogP contribution < -0.4 is 5.73 Å². The van der Waals surface area contributed by atoms with Crippen LogP contribution in [-0.2, 0) is 15.1 Å². The van der Waals surface area contributed by atoms with Crippen LogP contribution in [0, 0.1) is 11.7 Å². The van der Waals surface area contributed by atoms with Gasteiger partial charge >= 0.3 is 5.97 Å². The van der Waals surface area contributed by atoms with Crippen molar-refractivity contribution in [3.05, 3.63) is 40.6 Å². The first kappa shape index (κ1) is 19.0. The van der Waals surface area contributed by atoms with Gasteiger partial charge in [-0.15, -0.1) is 0 Å². The molecule has 0 spiro atoms. The summed E-state index contributed by atoms with van der Waals surface area (Å²) in [4.78, 5) is 18.3.